The Hall–Kier alpha value is -4.91. The molecule has 2 heterocycles. The van der Waals surface area contributed by atoms with Crippen molar-refractivity contribution in [3.63, 3.8) is 0 Å². The molecular formula is C25H24N8O2. The van der Waals surface area contributed by atoms with E-state index in [-0.39, 0.29) is 24.7 Å². The molecule has 0 atom stereocenters. The molecule has 10 nitrogen and oxygen atoms in total. The third-order valence-corrected chi connectivity index (χ3v) is 5.21. The maximum absolute atomic E-state index is 12.5. The van der Waals surface area contributed by atoms with E-state index in [1.54, 1.807) is 6.08 Å². The molecule has 2 aromatic heterocycles. The molecule has 0 aliphatic carbocycles. The topological polar surface area (TPSA) is 146 Å². The van der Waals surface area contributed by atoms with Crippen molar-refractivity contribution < 1.29 is 9.53 Å². The summed E-state index contributed by atoms with van der Waals surface area (Å²) in [5, 5.41) is 12.2. The molecule has 1 amide bonds. The number of nitriles is 1. The fourth-order valence-electron chi connectivity index (χ4n) is 3.29. The van der Waals surface area contributed by atoms with Gasteiger partial charge >= 0.3 is 0 Å². The first kappa shape index (κ1) is 23.3. The number of rotatable bonds is 8. The molecule has 10 heteroatoms. The summed E-state index contributed by atoms with van der Waals surface area (Å²) >= 11 is 0. The van der Waals surface area contributed by atoms with Crippen LogP contribution in [0.3, 0.4) is 0 Å². The van der Waals surface area contributed by atoms with Crippen molar-refractivity contribution in [1.29, 1.82) is 5.26 Å². The van der Waals surface area contributed by atoms with Gasteiger partial charge in [-0.3, -0.25) is 4.79 Å². The van der Waals surface area contributed by atoms with E-state index in [9.17, 15) is 10.1 Å². The van der Waals surface area contributed by atoms with Crippen molar-refractivity contribution in [2.45, 2.75) is 13.2 Å². The van der Waals surface area contributed by atoms with Gasteiger partial charge in [0.05, 0.1) is 6.33 Å². The van der Waals surface area contributed by atoms with Crippen molar-refractivity contribution in [3.8, 4) is 11.9 Å². The van der Waals surface area contributed by atoms with Crippen LogP contribution >= 0.6 is 0 Å². The molecule has 0 aliphatic rings. The highest BCUT2D eigenvalue weighted by Crippen LogP contribution is 2.21. The minimum absolute atomic E-state index is 0.0434. The Morgan fingerprint density at radius 2 is 1.86 bits per heavy atom. The molecule has 0 fully saturated rings. The summed E-state index contributed by atoms with van der Waals surface area (Å²) < 4.78 is 5.79. The average molecular weight is 469 g/mol. The number of nitrogens with two attached hydrogens (primary N) is 1. The first-order chi connectivity index (χ1) is 16.9. The monoisotopic (exact) mass is 468 g/mol. The van der Waals surface area contributed by atoms with Gasteiger partial charge in [0.2, 0.25) is 11.8 Å². The van der Waals surface area contributed by atoms with E-state index in [1.165, 1.54) is 6.33 Å². The highest BCUT2D eigenvalue weighted by molar-refractivity contribution is 6.01. The summed E-state index contributed by atoms with van der Waals surface area (Å²) in [7, 11) is 3.90. The van der Waals surface area contributed by atoms with E-state index in [0.717, 1.165) is 22.4 Å². The van der Waals surface area contributed by atoms with Crippen LogP contribution in [0.1, 0.15) is 16.7 Å². The molecule has 176 valence electrons. The Kier molecular flexibility index (Phi) is 6.88. The smallest absolute Gasteiger partial charge is 0.262 e. The molecule has 35 heavy (non-hydrogen) atoms. The number of H-pyrrole nitrogens is 1. The van der Waals surface area contributed by atoms with Gasteiger partial charge in [-0.2, -0.15) is 15.2 Å². The summed E-state index contributed by atoms with van der Waals surface area (Å²) in [5.74, 6) is -0.0166. The van der Waals surface area contributed by atoms with Crippen molar-refractivity contribution in [2.24, 2.45) is 0 Å². The summed E-state index contributed by atoms with van der Waals surface area (Å²) in [6, 6.07) is 17.1. The normalized spacial score (nSPS) is 11.2. The number of hydrogen-bond acceptors (Lipinski definition) is 8. The highest BCUT2D eigenvalue weighted by atomic mass is 16.5. The summed E-state index contributed by atoms with van der Waals surface area (Å²) in [4.78, 5) is 29.6. The minimum atomic E-state index is -0.429. The summed E-state index contributed by atoms with van der Waals surface area (Å²) in [5.41, 5.74) is 10.4. The number of carbonyl (C=O) groups is 1. The SMILES string of the molecule is CN(C)c1ccc(/C=C(\C#N)C(=O)NCc2ccc(COc3nc(N)nc4nc[nH]c34)cc2)cc1. The lowest BCUT2D eigenvalue weighted by atomic mass is 10.1. The van der Waals surface area contributed by atoms with Crippen LogP contribution in [0.4, 0.5) is 11.6 Å². The average Bonchev–Trinajstić information content (AvgIpc) is 3.34. The van der Waals surface area contributed by atoms with E-state index in [1.807, 2.05) is 73.6 Å². The molecule has 0 radical (unpaired) electrons. The lowest BCUT2D eigenvalue weighted by molar-refractivity contribution is -0.117. The Labute approximate surface area is 202 Å². The zero-order valence-corrected chi connectivity index (χ0v) is 19.3. The number of aromatic nitrogens is 4. The zero-order chi connectivity index (χ0) is 24.8. The molecule has 0 saturated carbocycles. The maximum atomic E-state index is 12.5. The lowest BCUT2D eigenvalue weighted by Crippen LogP contribution is -2.23. The maximum Gasteiger partial charge on any atom is 0.262 e. The van der Waals surface area contributed by atoms with Crippen LogP contribution in [0.5, 0.6) is 5.88 Å². The van der Waals surface area contributed by atoms with Gasteiger partial charge in [0.15, 0.2) is 5.65 Å². The van der Waals surface area contributed by atoms with E-state index in [2.05, 4.69) is 25.3 Å². The molecule has 2 aromatic carbocycles. The molecule has 0 bridgehead atoms. The van der Waals surface area contributed by atoms with Crippen LogP contribution in [-0.4, -0.2) is 39.9 Å². The number of benzene rings is 2. The van der Waals surface area contributed by atoms with Crippen molar-refractivity contribution in [3.05, 3.63) is 77.1 Å². The predicted molar refractivity (Wildman–Crippen MR) is 133 cm³/mol. The number of fused-ring (bicyclic) bond motifs is 1. The van der Waals surface area contributed by atoms with Crippen molar-refractivity contribution >= 4 is 34.8 Å². The summed E-state index contributed by atoms with van der Waals surface area (Å²) in [6.07, 6.45) is 3.08. The van der Waals surface area contributed by atoms with Crippen LogP contribution < -0.4 is 20.7 Å². The van der Waals surface area contributed by atoms with Crippen LogP contribution in [0.15, 0.2) is 60.4 Å². The number of nitrogens with zero attached hydrogens (tertiary/aromatic N) is 5. The van der Waals surface area contributed by atoms with Crippen LogP contribution in [0.25, 0.3) is 17.2 Å². The standard InChI is InChI=1S/C25H24N8O2/c1-33(2)20-9-7-16(8-10-20)11-19(12-26)23(34)28-13-17-3-5-18(6-4-17)14-35-24-21-22(30-15-29-21)31-25(27)32-24/h3-11,15H,13-14H2,1-2H3,(H,28,34)(H3,27,29,30,31,32)/b19-11+. The number of nitrogens with one attached hydrogen (secondary N) is 2. The van der Waals surface area contributed by atoms with Gasteiger partial charge in [0.25, 0.3) is 5.91 Å². The second-order valence-corrected chi connectivity index (χ2v) is 7.93. The van der Waals surface area contributed by atoms with E-state index >= 15 is 0 Å². The highest BCUT2D eigenvalue weighted by Gasteiger charge is 2.11. The number of carbonyl (C=O) groups excluding carboxylic acids is 1. The van der Waals surface area contributed by atoms with Gasteiger partial charge in [0.1, 0.15) is 23.8 Å². The Balaban J connectivity index is 1.33. The fraction of sp³-hybridized carbons (Fsp3) is 0.160. The second-order valence-electron chi connectivity index (χ2n) is 7.93. The number of anilines is 2. The predicted octanol–water partition coefficient (Wildman–Crippen LogP) is 2.80. The van der Waals surface area contributed by atoms with Gasteiger partial charge in [-0.15, -0.1) is 0 Å². The molecule has 0 aliphatic heterocycles. The molecule has 0 saturated heterocycles. The molecule has 0 spiro atoms. The third-order valence-electron chi connectivity index (χ3n) is 5.21. The number of imidazole rings is 1. The Morgan fingerprint density at radius 3 is 2.54 bits per heavy atom. The Morgan fingerprint density at radius 1 is 1.14 bits per heavy atom. The molecular weight excluding hydrogens is 444 g/mol. The number of aromatic amines is 1. The first-order valence-corrected chi connectivity index (χ1v) is 10.8. The summed E-state index contributed by atoms with van der Waals surface area (Å²) in [6.45, 7) is 0.556. The van der Waals surface area contributed by atoms with Crippen molar-refractivity contribution in [1.82, 2.24) is 25.3 Å². The van der Waals surface area contributed by atoms with Crippen LogP contribution in [-0.2, 0) is 17.9 Å². The van der Waals surface area contributed by atoms with E-state index in [4.69, 9.17) is 10.5 Å². The zero-order valence-electron chi connectivity index (χ0n) is 19.3. The number of hydrogen-bond donors (Lipinski definition) is 3. The molecule has 4 N–H and O–H groups in total. The number of amides is 1. The van der Waals surface area contributed by atoms with Gasteiger partial charge in [-0.25, -0.2) is 4.98 Å². The third kappa shape index (κ3) is 5.72. The fourth-order valence-corrected chi connectivity index (χ4v) is 3.29. The van der Waals surface area contributed by atoms with Crippen LogP contribution in [0, 0.1) is 11.3 Å². The lowest BCUT2D eigenvalue weighted by Gasteiger charge is -2.12. The largest absolute Gasteiger partial charge is 0.471 e. The van der Waals surface area contributed by atoms with Gasteiger partial charge in [-0.05, 0) is 34.9 Å². The number of nitrogen functional groups attached to an aromatic ring is 1. The van der Waals surface area contributed by atoms with Gasteiger partial charge in [-0.1, -0.05) is 36.4 Å². The molecule has 0 unspecified atom stereocenters. The first-order valence-electron chi connectivity index (χ1n) is 10.8. The Bertz CT molecular complexity index is 1400. The van der Waals surface area contributed by atoms with Gasteiger partial charge in [0, 0.05) is 26.3 Å². The molecule has 4 rings (SSSR count). The quantitative estimate of drug-likeness (QED) is 0.264. The van der Waals surface area contributed by atoms with Crippen LogP contribution in [0.2, 0.25) is 0 Å². The van der Waals surface area contributed by atoms with Crippen molar-refractivity contribution in [2.75, 3.05) is 24.7 Å². The number of ether oxygens (including phenoxy) is 1. The minimum Gasteiger partial charge on any atom is -0.471 e. The van der Waals surface area contributed by atoms with E-state index < -0.39 is 5.91 Å². The second kappa shape index (κ2) is 10.4. The van der Waals surface area contributed by atoms with Gasteiger partial charge < -0.3 is 25.7 Å². The molecule has 4 aromatic rings. The van der Waals surface area contributed by atoms with E-state index in [0.29, 0.717) is 17.0 Å².